The Hall–Kier alpha value is -2.81. The van der Waals surface area contributed by atoms with Crippen molar-refractivity contribution in [2.24, 2.45) is 0 Å². The van der Waals surface area contributed by atoms with Gasteiger partial charge in [-0.1, -0.05) is 18.2 Å². The molecule has 2 aromatic carbocycles. The van der Waals surface area contributed by atoms with E-state index in [1.54, 1.807) is 0 Å². The maximum absolute atomic E-state index is 5.94. The number of hydrogen-bond donors (Lipinski definition) is 0. The summed E-state index contributed by atoms with van der Waals surface area (Å²) in [6.07, 6.45) is 3.95. The van der Waals surface area contributed by atoms with Gasteiger partial charge in [-0.05, 0) is 24.3 Å². The van der Waals surface area contributed by atoms with E-state index in [-0.39, 0.29) is 0 Å². The molecule has 0 aliphatic carbocycles. The predicted molar refractivity (Wildman–Crippen MR) is 80.0 cm³/mol. The zero-order valence-electron chi connectivity index (χ0n) is 10.6. The molecule has 0 fully saturated rings. The second-order valence-corrected chi connectivity index (χ2v) is 5.00. The van der Waals surface area contributed by atoms with Gasteiger partial charge in [-0.2, -0.15) is 0 Å². The van der Waals surface area contributed by atoms with Crippen LogP contribution >= 0.6 is 0 Å². The highest BCUT2D eigenvalue weighted by Gasteiger charge is 2.09. The van der Waals surface area contributed by atoms with Crippen molar-refractivity contribution in [3.8, 4) is 0 Å². The largest absolute Gasteiger partial charge is 0.456 e. The number of para-hydroxylation sites is 1. The maximum atomic E-state index is 5.94. The van der Waals surface area contributed by atoms with Crippen LogP contribution < -0.4 is 0 Å². The van der Waals surface area contributed by atoms with E-state index in [1.165, 1.54) is 0 Å². The molecule has 5 aromatic rings. The number of hydrogen-bond acceptors (Lipinski definition) is 2. The lowest BCUT2D eigenvalue weighted by molar-refractivity contribution is 0.669. The second kappa shape index (κ2) is 3.39. The average Bonchev–Trinajstić information content (AvgIpc) is 3.09. The fourth-order valence-electron chi connectivity index (χ4n) is 2.90. The first kappa shape index (κ1) is 10.0. The van der Waals surface area contributed by atoms with E-state index in [0.717, 1.165) is 38.5 Å². The van der Waals surface area contributed by atoms with Crippen LogP contribution in [0.4, 0.5) is 0 Å². The minimum Gasteiger partial charge on any atom is -0.456 e. The fraction of sp³-hybridized carbons (Fsp3) is 0. The van der Waals surface area contributed by atoms with Gasteiger partial charge < -0.3 is 8.82 Å². The topological polar surface area (TPSA) is 30.4 Å². The molecule has 0 spiro atoms. The van der Waals surface area contributed by atoms with E-state index in [0.29, 0.717) is 0 Å². The zero-order valence-corrected chi connectivity index (χ0v) is 10.6. The van der Waals surface area contributed by atoms with Crippen molar-refractivity contribution in [3.63, 3.8) is 0 Å². The Bertz CT molecular complexity index is 1100. The number of benzene rings is 2. The van der Waals surface area contributed by atoms with Gasteiger partial charge in [-0.15, -0.1) is 0 Å². The number of fused-ring (bicyclic) bond motifs is 6. The van der Waals surface area contributed by atoms with E-state index < -0.39 is 0 Å². The lowest BCUT2D eigenvalue weighted by atomic mass is 10.1. The van der Waals surface area contributed by atoms with Crippen molar-refractivity contribution in [3.05, 3.63) is 60.9 Å². The standard InChI is InChI=1S/C17H10N2O/c1-2-6-16-12(5-1)13-8-14-15(9-17(13)20-16)19-7-3-4-11(19)10-18-14/h1-10H. The molecule has 0 bridgehead atoms. The molecule has 3 nitrogen and oxygen atoms in total. The van der Waals surface area contributed by atoms with Crippen LogP contribution in [0.5, 0.6) is 0 Å². The van der Waals surface area contributed by atoms with Crippen molar-refractivity contribution in [2.45, 2.75) is 0 Å². The van der Waals surface area contributed by atoms with Crippen LogP contribution in [0.3, 0.4) is 0 Å². The minimum atomic E-state index is 0.904. The molecular weight excluding hydrogens is 248 g/mol. The molecule has 0 atom stereocenters. The third-order valence-electron chi connectivity index (χ3n) is 3.85. The van der Waals surface area contributed by atoms with Crippen LogP contribution in [0, 0.1) is 0 Å². The van der Waals surface area contributed by atoms with Crippen LogP contribution in [0.2, 0.25) is 0 Å². The highest BCUT2D eigenvalue weighted by Crippen LogP contribution is 2.31. The van der Waals surface area contributed by atoms with Crippen molar-refractivity contribution >= 4 is 38.5 Å². The summed E-state index contributed by atoms with van der Waals surface area (Å²) >= 11 is 0. The van der Waals surface area contributed by atoms with E-state index in [4.69, 9.17) is 4.42 Å². The third-order valence-corrected chi connectivity index (χ3v) is 3.85. The normalized spacial score (nSPS) is 12.0. The summed E-state index contributed by atoms with van der Waals surface area (Å²) in [4.78, 5) is 4.56. The Morgan fingerprint density at radius 3 is 2.85 bits per heavy atom. The second-order valence-electron chi connectivity index (χ2n) is 5.00. The highest BCUT2D eigenvalue weighted by molar-refractivity contribution is 6.09. The molecule has 3 heterocycles. The molecular formula is C17H10N2O. The van der Waals surface area contributed by atoms with Gasteiger partial charge in [0.2, 0.25) is 0 Å². The smallest absolute Gasteiger partial charge is 0.137 e. The minimum absolute atomic E-state index is 0.904. The maximum Gasteiger partial charge on any atom is 0.137 e. The third kappa shape index (κ3) is 1.17. The van der Waals surface area contributed by atoms with Gasteiger partial charge in [-0.3, -0.25) is 4.98 Å². The first-order valence-electron chi connectivity index (χ1n) is 6.57. The van der Waals surface area contributed by atoms with Gasteiger partial charge in [0, 0.05) is 23.0 Å². The average molecular weight is 258 g/mol. The molecule has 3 aromatic heterocycles. The lowest BCUT2D eigenvalue weighted by Gasteiger charge is -2.02. The summed E-state index contributed by atoms with van der Waals surface area (Å²) in [5.41, 5.74) is 4.96. The highest BCUT2D eigenvalue weighted by atomic mass is 16.3. The van der Waals surface area contributed by atoms with Gasteiger partial charge in [-0.25, -0.2) is 0 Å². The molecule has 0 aliphatic rings. The lowest BCUT2D eigenvalue weighted by Crippen LogP contribution is -1.88. The molecule has 0 N–H and O–H groups in total. The van der Waals surface area contributed by atoms with Gasteiger partial charge in [0.25, 0.3) is 0 Å². The van der Waals surface area contributed by atoms with E-state index in [2.05, 4.69) is 33.7 Å². The van der Waals surface area contributed by atoms with Crippen LogP contribution in [-0.2, 0) is 0 Å². The SMILES string of the molecule is c1ccc2c(c1)oc1cc3c(cc12)ncc1cccn13. The molecule has 3 heteroatoms. The van der Waals surface area contributed by atoms with Gasteiger partial charge in [0.1, 0.15) is 11.2 Å². The Kier molecular flexibility index (Phi) is 1.70. The molecule has 5 rings (SSSR count). The van der Waals surface area contributed by atoms with E-state index in [9.17, 15) is 0 Å². The van der Waals surface area contributed by atoms with Crippen molar-refractivity contribution < 1.29 is 4.42 Å². The molecule has 0 amide bonds. The Morgan fingerprint density at radius 2 is 1.85 bits per heavy atom. The summed E-state index contributed by atoms with van der Waals surface area (Å²) in [6, 6.07) is 16.4. The molecule has 0 aliphatic heterocycles. The quantitative estimate of drug-likeness (QED) is 0.412. The van der Waals surface area contributed by atoms with E-state index in [1.807, 2.05) is 36.7 Å². The number of nitrogens with zero attached hydrogens (tertiary/aromatic N) is 2. The van der Waals surface area contributed by atoms with Gasteiger partial charge >= 0.3 is 0 Å². The van der Waals surface area contributed by atoms with Crippen LogP contribution in [-0.4, -0.2) is 9.38 Å². The van der Waals surface area contributed by atoms with Crippen LogP contribution in [0.25, 0.3) is 38.5 Å². The number of aromatic nitrogens is 2. The summed E-state index contributed by atoms with van der Waals surface area (Å²) in [5.74, 6) is 0. The molecule has 94 valence electrons. The predicted octanol–water partition coefficient (Wildman–Crippen LogP) is 4.39. The number of furan rings is 1. The fourth-order valence-corrected chi connectivity index (χ4v) is 2.90. The van der Waals surface area contributed by atoms with Crippen molar-refractivity contribution in [1.29, 1.82) is 0 Å². The summed E-state index contributed by atoms with van der Waals surface area (Å²) in [6.45, 7) is 0. The molecule has 0 unspecified atom stereocenters. The summed E-state index contributed by atoms with van der Waals surface area (Å²) < 4.78 is 8.08. The monoisotopic (exact) mass is 258 g/mol. The van der Waals surface area contributed by atoms with Crippen molar-refractivity contribution in [1.82, 2.24) is 9.38 Å². The first-order chi connectivity index (χ1) is 9.90. The Labute approximate surface area is 114 Å². The van der Waals surface area contributed by atoms with Crippen molar-refractivity contribution in [2.75, 3.05) is 0 Å². The van der Waals surface area contributed by atoms with Gasteiger partial charge in [0.05, 0.1) is 22.7 Å². The van der Waals surface area contributed by atoms with Crippen LogP contribution in [0.1, 0.15) is 0 Å². The Morgan fingerprint density at radius 1 is 0.900 bits per heavy atom. The molecule has 0 saturated heterocycles. The van der Waals surface area contributed by atoms with Crippen LogP contribution in [0.15, 0.2) is 65.3 Å². The first-order valence-corrected chi connectivity index (χ1v) is 6.57. The molecule has 0 radical (unpaired) electrons. The zero-order chi connectivity index (χ0) is 13.1. The molecule has 20 heavy (non-hydrogen) atoms. The molecule has 0 saturated carbocycles. The Balaban J connectivity index is 2.06. The number of rotatable bonds is 0. The van der Waals surface area contributed by atoms with E-state index >= 15 is 0 Å². The summed E-state index contributed by atoms with van der Waals surface area (Å²) in [7, 11) is 0. The van der Waals surface area contributed by atoms with Gasteiger partial charge in [0.15, 0.2) is 0 Å². The summed E-state index contributed by atoms with van der Waals surface area (Å²) in [5, 5.41) is 2.26.